The Morgan fingerprint density at radius 2 is 2.15 bits per heavy atom. The van der Waals surface area contributed by atoms with E-state index in [0.717, 1.165) is 52.0 Å². The molecule has 4 heteroatoms. The van der Waals surface area contributed by atoms with Crippen molar-refractivity contribution in [3.63, 3.8) is 0 Å². The van der Waals surface area contributed by atoms with Gasteiger partial charge < -0.3 is 19.7 Å². The molecule has 2 saturated heterocycles. The van der Waals surface area contributed by atoms with Crippen molar-refractivity contribution in [1.82, 2.24) is 10.2 Å². The third kappa shape index (κ3) is 3.94. The van der Waals surface area contributed by atoms with Crippen molar-refractivity contribution < 1.29 is 9.47 Å². The molecule has 0 radical (unpaired) electrons. The van der Waals surface area contributed by atoms with Crippen LogP contribution in [0.5, 0.6) is 0 Å². The zero-order valence-corrected chi connectivity index (χ0v) is 12.9. The van der Waals surface area contributed by atoms with Crippen LogP contribution in [0.3, 0.4) is 0 Å². The van der Waals surface area contributed by atoms with Gasteiger partial charge in [-0.15, -0.1) is 0 Å². The molecule has 0 spiro atoms. The molecule has 1 aliphatic carbocycles. The topological polar surface area (TPSA) is 33.7 Å². The van der Waals surface area contributed by atoms with Crippen LogP contribution in [0.1, 0.15) is 39.0 Å². The second kappa shape index (κ2) is 6.73. The predicted octanol–water partition coefficient (Wildman–Crippen LogP) is 1.65. The van der Waals surface area contributed by atoms with E-state index in [-0.39, 0.29) is 0 Å². The fourth-order valence-corrected chi connectivity index (χ4v) is 3.47. The van der Waals surface area contributed by atoms with Gasteiger partial charge in [0.15, 0.2) is 0 Å². The summed E-state index contributed by atoms with van der Waals surface area (Å²) >= 11 is 0. The largest absolute Gasteiger partial charge is 0.381 e. The van der Waals surface area contributed by atoms with Gasteiger partial charge in [0.2, 0.25) is 0 Å². The van der Waals surface area contributed by atoms with Crippen LogP contribution in [0.15, 0.2) is 0 Å². The molecule has 3 fully saturated rings. The second-order valence-corrected chi connectivity index (χ2v) is 6.92. The minimum atomic E-state index is 0.331. The summed E-state index contributed by atoms with van der Waals surface area (Å²) in [5.41, 5.74) is 0.331. The van der Waals surface area contributed by atoms with Crippen molar-refractivity contribution in [2.24, 2.45) is 5.41 Å². The van der Waals surface area contributed by atoms with E-state index in [4.69, 9.17) is 9.47 Å². The standard InChI is InChI=1S/C16H30N2O2/c1-2-18(10-15-4-3-8-20-15)12-16(7-9-19-13-16)11-17-14-5-6-14/h14-15,17H,2-13H2,1H3. The lowest BCUT2D eigenvalue weighted by Crippen LogP contribution is -2.47. The summed E-state index contributed by atoms with van der Waals surface area (Å²) < 4.78 is 11.5. The van der Waals surface area contributed by atoms with Crippen molar-refractivity contribution in [3.05, 3.63) is 0 Å². The highest BCUT2D eigenvalue weighted by molar-refractivity contribution is 4.92. The van der Waals surface area contributed by atoms with E-state index in [0.29, 0.717) is 11.5 Å². The lowest BCUT2D eigenvalue weighted by Gasteiger charge is -2.35. The first-order chi connectivity index (χ1) is 9.80. The van der Waals surface area contributed by atoms with Gasteiger partial charge in [-0.1, -0.05) is 6.92 Å². The van der Waals surface area contributed by atoms with Crippen molar-refractivity contribution >= 4 is 0 Å². The normalized spacial score (nSPS) is 34.2. The van der Waals surface area contributed by atoms with Crippen molar-refractivity contribution in [2.45, 2.75) is 51.2 Å². The van der Waals surface area contributed by atoms with Gasteiger partial charge in [-0.2, -0.15) is 0 Å². The zero-order valence-electron chi connectivity index (χ0n) is 12.9. The van der Waals surface area contributed by atoms with Gasteiger partial charge in [-0.3, -0.25) is 0 Å². The number of nitrogens with zero attached hydrogens (tertiary/aromatic N) is 1. The van der Waals surface area contributed by atoms with Crippen LogP contribution in [-0.2, 0) is 9.47 Å². The lowest BCUT2D eigenvalue weighted by molar-refractivity contribution is 0.0505. The Morgan fingerprint density at radius 3 is 2.75 bits per heavy atom. The van der Waals surface area contributed by atoms with E-state index < -0.39 is 0 Å². The van der Waals surface area contributed by atoms with Gasteiger partial charge in [-0.05, 0) is 38.6 Å². The van der Waals surface area contributed by atoms with Crippen molar-refractivity contribution in [3.8, 4) is 0 Å². The molecule has 0 aromatic rings. The lowest BCUT2D eigenvalue weighted by atomic mass is 9.86. The van der Waals surface area contributed by atoms with Crippen LogP contribution in [-0.4, -0.2) is 63.0 Å². The summed E-state index contributed by atoms with van der Waals surface area (Å²) in [5.74, 6) is 0. The van der Waals surface area contributed by atoms with Gasteiger partial charge in [-0.25, -0.2) is 0 Å². The van der Waals surface area contributed by atoms with Crippen molar-refractivity contribution in [1.29, 1.82) is 0 Å². The second-order valence-electron chi connectivity index (χ2n) is 6.92. The molecular formula is C16H30N2O2. The number of ether oxygens (including phenoxy) is 2. The Kier molecular flexibility index (Phi) is 4.97. The molecule has 3 rings (SSSR count). The molecular weight excluding hydrogens is 252 g/mol. The molecule has 1 N–H and O–H groups in total. The Bertz CT molecular complexity index is 295. The van der Waals surface area contributed by atoms with Crippen LogP contribution >= 0.6 is 0 Å². The van der Waals surface area contributed by atoms with Gasteiger partial charge in [0, 0.05) is 44.3 Å². The third-order valence-electron chi connectivity index (χ3n) is 5.02. The maximum absolute atomic E-state index is 5.80. The van der Waals surface area contributed by atoms with Crippen molar-refractivity contribution in [2.75, 3.05) is 46.0 Å². The summed E-state index contributed by atoms with van der Waals surface area (Å²) in [6.45, 7) is 9.58. The SMILES string of the molecule is CCN(CC1CCCO1)CC1(CNC2CC2)CCOC1. The highest BCUT2D eigenvalue weighted by atomic mass is 16.5. The quantitative estimate of drug-likeness (QED) is 0.734. The van der Waals surface area contributed by atoms with Gasteiger partial charge in [0.05, 0.1) is 12.7 Å². The van der Waals surface area contributed by atoms with E-state index >= 15 is 0 Å². The number of hydrogen-bond donors (Lipinski definition) is 1. The Hall–Kier alpha value is -0.160. The number of likely N-dealkylation sites (N-methyl/N-ethyl adjacent to an activating group) is 1. The summed E-state index contributed by atoms with van der Waals surface area (Å²) in [6.07, 6.45) is 6.87. The molecule has 0 amide bonds. The first-order valence-corrected chi connectivity index (χ1v) is 8.45. The third-order valence-corrected chi connectivity index (χ3v) is 5.02. The van der Waals surface area contributed by atoms with Crippen LogP contribution < -0.4 is 5.32 Å². The van der Waals surface area contributed by atoms with Gasteiger partial charge >= 0.3 is 0 Å². The summed E-state index contributed by atoms with van der Waals surface area (Å²) in [4.78, 5) is 2.58. The molecule has 2 aliphatic heterocycles. The van der Waals surface area contributed by atoms with Crippen LogP contribution in [0, 0.1) is 5.41 Å². The molecule has 2 unspecified atom stereocenters. The van der Waals surface area contributed by atoms with E-state index in [1.54, 1.807) is 0 Å². The van der Waals surface area contributed by atoms with Gasteiger partial charge in [0.25, 0.3) is 0 Å². The maximum Gasteiger partial charge on any atom is 0.0702 e. The van der Waals surface area contributed by atoms with Crippen LogP contribution in [0.4, 0.5) is 0 Å². The average Bonchev–Trinajstić information content (AvgIpc) is 2.96. The average molecular weight is 282 g/mol. The highest BCUT2D eigenvalue weighted by Crippen LogP contribution is 2.31. The fourth-order valence-electron chi connectivity index (χ4n) is 3.47. The zero-order chi connectivity index (χ0) is 13.8. The molecule has 116 valence electrons. The highest BCUT2D eigenvalue weighted by Gasteiger charge is 2.38. The Morgan fingerprint density at radius 1 is 1.25 bits per heavy atom. The van der Waals surface area contributed by atoms with E-state index in [2.05, 4.69) is 17.1 Å². The first kappa shape index (κ1) is 14.8. The summed E-state index contributed by atoms with van der Waals surface area (Å²) in [5, 5.41) is 3.72. The number of hydrogen-bond acceptors (Lipinski definition) is 4. The van der Waals surface area contributed by atoms with E-state index in [1.165, 1.54) is 32.1 Å². The molecule has 2 heterocycles. The molecule has 20 heavy (non-hydrogen) atoms. The predicted molar refractivity (Wildman–Crippen MR) is 80.0 cm³/mol. The van der Waals surface area contributed by atoms with Crippen LogP contribution in [0.25, 0.3) is 0 Å². The molecule has 3 aliphatic rings. The van der Waals surface area contributed by atoms with E-state index in [9.17, 15) is 0 Å². The number of nitrogens with one attached hydrogen (secondary N) is 1. The maximum atomic E-state index is 5.80. The Balaban J connectivity index is 1.52. The monoisotopic (exact) mass is 282 g/mol. The van der Waals surface area contributed by atoms with Gasteiger partial charge in [0.1, 0.15) is 0 Å². The smallest absolute Gasteiger partial charge is 0.0702 e. The minimum Gasteiger partial charge on any atom is -0.381 e. The number of rotatable bonds is 8. The summed E-state index contributed by atoms with van der Waals surface area (Å²) in [6, 6.07) is 0.792. The molecule has 2 atom stereocenters. The minimum absolute atomic E-state index is 0.331. The Labute approximate surface area is 123 Å². The molecule has 0 bridgehead atoms. The first-order valence-electron chi connectivity index (χ1n) is 8.45. The van der Waals surface area contributed by atoms with Crippen LogP contribution in [0.2, 0.25) is 0 Å². The molecule has 4 nitrogen and oxygen atoms in total. The fraction of sp³-hybridized carbons (Fsp3) is 1.00. The summed E-state index contributed by atoms with van der Waals surface area (Å²) in [7, 11) is 0. The molecule has 1 saturated carbocycles. The van der Waals surface area contributed by atoms with E-state index in [1.807, 2.05) is 0 Å². The molecule has 0 aromatic carbocycles. The molecule has 0 aromatic heterocycles.